The Morgan fingerprint density at radius 3 is 2.67 bits per heavy atom. The SMILES string of the molecule is C[C@@H]1C[C@H](C)CN(C(=O)[C@@H]2CCCN(c3ncnc4c3nc3n4CCCCC3)C2)C1. The monoisotopic (exact) mass is 410 g/mol. The van der Waals surface area contributed by atoms with E-state index in [1.165, 1.54) is 25.7 Å². The first-order valence-corrected chi connectivity index (χ1v) is 11.8. The first kappa shape index (κ1) is 19.8. The van der Waals surface area contributed by atoms with Gasteiger partial charge in [-0.2, -0.15) is 0 Å². The summed E-state index contributed by atoms with van der Waals surface area (Å²) in [7, 11) is 0. The second kappa shape index (κ2) is 8.16. The Morgan fingerprint density at radius 2 is 1.83 bits per heavy atom. The second-order valence-electron chi connectivity index (χ2n) is 9.83. The summed E-state index contributed by atoms with van der Waals surface area (Å²) in [5, 5.41) is 0. The van der Waals surface area contributed by atoms with E-state index < -0.39 is 0 Å². The molecule has 2 aromatic heterocycles. The number of aromatic nitrogens is 4. The molecule has 1 amide bonds. The molecule has 3 atom stereocenters. The van der Waals surface area contributed by atoms with Crippen molar-refractivity contribution in [3.63, 3.8) is 0 Å². The third-order valence-electron chi connectivity index (χ3n) is 7.12. The Hall–Kier alpha value is -2.18. The van der Waals surface area contributed by atoms with Crippen molar-refractivity contribution in [1.82, 2.24) is 24.4 Å². The van der Waals surface area contributed by atoms with Crippen LogP contribution in [0.2, 0.25) is 0 Å². The van der Waals surface area contributed by atoms with Crippen LogP contribution < -0.4 is 4.90 Å². The molecule has 5 heterocycles. The average Bonchev–Trinajstić information content (AvgIpc) is 2.93. The number of imidazole rings is 1. The quantitative estimate of drug-likeness (QED) is 0.760. The summed E-state index contributed by atoms with van der Waals surface area (Å²) in [5.74, 6) is 3.65. The highest BCUT2D eigenvalue weighted by Crippen LogP contribution is 2.31. The highest BCUT2D eigenvalue weighted by Gasteiger charge is 2.34. The molecule has 7 heteroatoms. The topological polar surface area (TPSA) is 67.2 Å². The van der Waals surface area contributed by atoms with Gasteiger partial charge in [-0.1, -0.05) is 20.3 Å². The van der Waals surface area contributed by atoms with Gasteiger partial charge in [0, 0.05) is 39.1 Å². The van der Waals surface area contributed by atoms with Crippen molar-refractivity contribution in [3.05, 3.63) is 12.2 Å². The zero-order chi connectivity index (χ0) is 20.7. The summed E-state index contributed by atoms with van der Waals surface area (Å²) in [6.07, 6.45) is 9.55. The summed E-state index contributed by atoms with van der Waals surface area (Å²) in [6, 6.07) is 0. The molecule has 2 aromatic rings. The highest BCUT2D eigenvalue weighted by atomic mass is 16.2. The van der Waals surface area contributed by atoms with Crippen LogP contribution >= 0.6 is 0 Å². The minimum absolute atomic E-state index is 0.0571. The van der Waals surface area contributed by atoms with Gasteiger partial charge in [-0.15, -0.1) is 0 Å². The Kier molecular flexibility index (Phi) is 5.37. The van der Waals surface area contributed by atoms with Gasteiger partial charge in [0.05, 0.1) is 5.92 Å². The molecule has 7 nitrogen and oxygen atoms in total. The number of nitrogens with zero attached hydrogens (tertiary/aromatic N) is 6. The number of aryl methyl sites for hydroxylation is 2. The van der Waals surface area contributed by atoms with E-state index in [-0.39, 0.29) is 5.92 Å². The number of anilines is 1. The van der Waals surface area contributed by atoms with Crippen molar-refractivity contribution in [1.29, 1.82) is 0 Å². The van der Waals surface area contributed by atoms with E-state index in [4.69, 9.17) is 4.98 Å². The summed E-state index contributed by atoms with van der Waals surface area (Å²) >= 11 is 0. The zero-order valence-electron chi connectivity index (χ0n) is 18.4. The van der Waals surface area contributed by atoms with Crippen LogP contribution in [0.1, 0.15) is 58.2 Å². The van der Waals surface area contributed by atoms with Gasteiger partial charge in [-0.3, -0.25) is 4.79 Å². The molecule has 2 saturated heterocycles. The largest absolute Gasteiger partial charge is 0.354 e. The van der Waals surface area contributed by atoms with Gasteiger partial charge in [-0.05, 0) is 43.9 Å². The summed E-state index contributed by atoms with van der Waals surface area (Å²) in [4.78, 5) is 31.9. The Labute approximate surface area is 178 Å². The molecule has 0 N–H and O–H groups in total. The number of hydrogen-bond donors (Lipinski definition) is 0. The molecule has 0 saturated carbocycles. The molecule has 0 radical (unpaired) electrons. The van der Waals surface area contributed by atoms with Gasteiger partial charge in [-0.25, -0.2) is 15.0 Å². The molecule has 0 unspecified atom stereocenters. The van der Waals surface area contributed by atoms with Crippen LogP contribution in [0.15, 0.2) is 6.33 Å². The Bertz CT molecular complexity index is 914. The van der Waals surface area contributed by atoms with Gasteiger partial charge in [0.15, 0.2) is 17.0 Å². The summed E-state index contributed by atoms with van der Waals surface area (Å²) in [5.41, 5.74) is 1.88. The van der Waals surface area contributed by atoms with E-state index in [0.29, 0.717) is 17.7 Å². The number of carbonyl (C=O) groups excluding carboxylic acids is 1. The van der Waals surface area contributed by atoms with E-state index in [2.05, 4.69) is 38.2 Å². The fraction of sp³-hybridized carbons (Fsp3) is 0.739. The standard InChI is InChI=1S/C23H34N6O/c1-16-11-17(2)13-28(12-16)23(30)18-7-6-9-27(14-18)21-20-22(25-15-24-21)29-10-5-3-4-8-19(29)26-20/h15-18H,3-14H2,1-2H3/t16-,17+,18-/m1/s1. The minimum Gasteiger partial charge on any atom is -0.354 e. The molecule has 0 bridgehead atoms. The van der Waals surface area contributed by atoms with E-state index in [9.17, 15) is 4.79 Å². The first-order valence-electron chi connectivity index (χ1n) is 11.8. The number of piperidine rings is 2. The summed E-state index contributed by atoms with van der Waals surface area (Å²) < 4.78 is 2.29. The molecule has 162 valence electrons. The molecule has 0 spiro atoms. The van der Waals surface area contributed by atoms with Crippen molar-refractivity contribution in [2.75, 3.05) is 31.1 Å². The average molecular weight is 411 g/mol. The van der Waals surface area contributed by atoms with E-state index in [1.54, 1.807) is 6.33 Å². The van der Waals surface area contributed by atoms with Crippen molar-refractivity contribution < 1.29 is 4.79 Å². The van der Waals surface area contributed by atoms with E-state index >= 15 is 0 Å². The number of likely N-dealkylation sites (tertiary alicyclic amines) is 1. The Morgan fingerprint density at radius 1 is 1.00 bits per heavy atom. The number of hydrogen-bond acceptors (Lipinski definition) is 5. The fourth-order valence-electron chi connectivity index (χ4n) is 5.83. The van der Waals surface area contributed by atoms with Crippen molar-refractivity contribution in [2.24, 2.45) is 17.8 Å². The highest BCUT2D eigenvalue weighted by molar-refractivity contribution is 5.85. The number of amides is 1. The van der Waals surface area contributed by atoms with Gasteiger partial charge >= 0.3 is 0 Å². The molecule has 2 fully saturated rings. The minimum atomic E-state index is 0.0571. The molecule has 0 aliphatic carbocycles. The molecule has 3 aliphatic heterocycles. The van der Waals surface area contributed by atoms with Crippen LogP contribution in [0.4, 0.5) is 5.82 Å². The van der Waals surface area contributed by atoms with Crippen LogP contribution in [0.25, 0.3) is 11.2 Å². The van der Waals surface area contributed by atoms with Crippen LogP contribution in [0.3, 0.4) is 0 Å². The maximum atomic E-state index is 13.3. The van der Waals surface area contributed by atoms with Gasteiger partial charge < -0.3 is 14.4 Å². The molecular weight excluding hydrogens is 376 g/mol. The maximum absolute atomic E-state index is 13.3. The molecule has 30 heavy (non-hydrogen) atoms. The second-order valence-corrected chi connectivity index (χ2v) is 9.83. The lowest BCUT2D eigenvalue weighted by molar-refractivity contribution is -0.138. The van der Waals surface area contributed by atoms with E-state index in [1.807, 2.05) is 0 Å². The maximum Gasteiger partial charge on any atom is 0.227 e. The van der Waals surface area contributed by atoms with Crippen molar-refractivity contribution in [2.45, 2.75) is 65.3 Å². The first-order chi connectivity index (χ1) is 14.6. The molecular formula is C23H34N6O. The van der Waals surface area contributed by atoms with Crippen LogP contribution in [0, 0.1) is 17.8 Å². The third kappa shape index (κ3) is 3.67. The fourth-order valence-corrected chi connectivity index (χ4v) is 5.83. The number of carbonyl (C=O) groups is 1. The number of fused-ring (bicyclic) bond motifs is 3. The predicted molar refractivity (Wildman–Crippen MR) is 117 cm³/mol. The number of rotatable bonds is 2. The van der Waals surface area contributed by atoms with Crippen LogP contribution in [-0.2, 0) is 17.8 Å². The van der Waals surface area contributed by atoms with Crippen LogP contribution in [-0.4, -0.2) is 56.5 Å². The van der Waals surface area contributed by atoms with Gasteiger partial charge in [0.2, 0.25) is 5.91 Å². The summed E-state index contributed by atoms with van der Waals surface area (Å²) in [6.45, 7) is 9.02. The van der Waals surface area contributed by atoms with Crippen molar-refractivity contribution in [3.8, 4) is 0 Å². The normalized spacial score (nSPS) is 27.7. The zero-order valence-corrected chi connectivity index (χ0v) is 18.4. The lowest BCUT2D eigenvalue weighted by atomic mass is 9.89. The van der Waals surface area contributed by atoms with Gasteiger partial charge in [0.1, 0.15) is 12.2 Å². The predicted octanol–water partition coefficient (Wildman–Crippen LogP) is 3.27. The van der Waals surface area contributed by atoms with Crippen molar-refractivity contribution >= 4 is 22.9 Å². The van der Waals surface area contributed by atoms with Crippen LogP contribution in [0.5, 0.6) is 0 Å². The third-order valence-corrected chi connectivity index (χ3v) is 7.12. The molecule has 3 aliphatic rings. The van der Waals surface area contributed by atoms with Gasteiger partial charge in [0.25, 0.3) is 0 Å². The smallest absolute Gasteiger partial charge is 0.227 e. The molecule has 5 rings (SSSR count). The lowest BCUT2D eigenvalue weighted by Gasteiger charge is -2.39. The van der Waals surface area contributed by atoms with E-state index in [0.717, 1.165) is 74.8 Å². The lowest BCUT2D eigenvalue weighted by Crippen LogP contribution is -2.49. The molecule has 0 aromatic carbocycles. The Balaban J connectivity index is 1.38.